The molecule has 15 heavy (non-hydrogen) atoms. The molecule has 0 aliphatic heterocycles. The number of rotatable bonds is 1. The number of primary amides is 1. The molecule has 1 heterocycles. The Morgan fingerprint density at radius 3 is 2.13 bits per heavy atom. The lowest BCUT2D eigenvalue weighted by Gasteiger charge is -2.08. The molecule has 0 atom stereocenters. The van der Waals surface area contributed by atoms with Gasteiger partial charge in [-0.2, -0.15) is 13.2 Å². The minimum Gasteiger partial charge on any atom is -0.365 e. The molecule has 1 amide bonds. The smallest absolute Gasteiger partial charge is 0.365 e. The van der Waals surface area contributed by atoms with Crippen LogP contribution in [0.15, 0.2) is 9.59 Å². The van der Waals surface area contributed by atoms with Crippen molar-refractivity contribution in [1.29, 1.82) is 0 Å². The zero-order valence-electron chi connectivity index (χ0n) is 6.94. The third kappa shape index (κ3) is 2.06. The second kappa shape index (κ2) is 3.26. The maximum atomic E-state index is 12.2. The first-order valence-corrected chi connectivity index (χ1v) is 3.47. The van der Waals surface area contributed by atoms with Crippen LogP contribution in [0.3, 0.4) is 0 Å². The molecule has 9 heteroatoms. The first-order chi connectivity index (χ1) is 6.73. The van der Waals surface area contributed by atoms with Gasteiger partial charge < -0.3 is 10.7 Å². The van der Waals surface area contributed by atoms with E-state index in [-0.39, 0.29) is 0 Å². The molecule has 1 aromatic rings. The molecule has 0 spiro atoms. The van der Waals surface area contributed by atoms with Gasteiger partial charge in [-0.25, -0.2) is 4.79 Å². The maximum Gasteiger partial charge on any atom is 0.432 e. The van der Waals surface area contributed by atoms with Gasteiger partial charge in [0.2, 0.25) is 0 Å². The summed E-state index contributed by atoms with van der Waals surface area (Å²) in [5.74, 6) is -1.57. The molecule has 0 bridgehead atoms. The molecule has 1 rings (SSSR count). The topological polar surface area (TPSA) is 109 Å². The monoisotopic (exact) mass is 223 g/mol. The number of hydrogen-bond acceptors (Lipinski definition) is 3. The van der Waals surface area contributed by atoms with Crippen molar-refractivity contribution in [2.75, 3.05) is 0 Å². The first-order valence-electron chi connectivity index (χ1n) is 3.47. The third-order valence-corrected chi connectivity index (χ3v) is 1.47. The van der Waals surface area contributed by atoms with Crippen LogP contribution in [-0.4, -0.2) is 15.9 Å². The Morgan fingerprint density at radius 1 is 1.20 bits per heavy atom. The molecule has 0 radical (unpaired) electrons. The lowest BCUT2D eigenvalue weighted by molar-refractivity contribution is -0.141. The number of hydrogen-bond donors (Lipinski definition) is 3. The van der Waals surface area contributed by atoms with Crippen LogP contribution in [0.25, 0.3) is 0 Å². The summed E-state index contributed by atoms with van der Waals surface area (Å²) in [5, 5.41) is 0. The second-order valence-corrected chi connectivity index (χ2v) is 2.52. The number of nitrogens with two attached hydrogens (primary N) is 1. The number of aromatic nitrogens is 2. The molecule has 1 aromatic heterocycles. The number of aromatic amines is 2. The minimum atomic E-state index is -5.03. The van der Waals surface area contributed by atoms with Gasteiger partial charge in [0.15, 0.2) is 0 Å². The molecule has 0 fully saturated rings. The Bertz CT molecular complexity index is 513. The van der Waals surface area contributed by atoms with Crippen molar-refractivity contribution in [1.82, 2.24) is 9.97 Å². The number of alkyl halides is 3. The molecule has 0 aliphatic carbocycles. The molecule has 82 valence electrons. The Hall–Kier alpha value is -2.06. The van der Waals surface area contributed by atoms with E-state index >= 15 is 0 Å². The quantitative estimate of drug-likeness (QED) is 0.578. The summed E-state index contributed by atoms with van der Waals surface area (Å²) < 4.78 is 36.7. The Morgan fingerprint density at radius 2 is 1.73 bits per heavy atom. The predicted molar refractivity (Wildman–Crippen MR) is 41.2 cm³/mol. The number of amides is 1. The highest BCUT2D eigenvalue weighted by Gasteiger charge is 2.37. The van der Waals surface area contributed by atoms with Gasteiger partial charge in [-0.3, -0.25) is 14.6 Å². The van der Waals surface area contributed by atoms with E-state index < -0.39 is 34.6 Å². The van der Waals surface area contributed by atoms with Crippen LogP contribution < -0.4 is 17.0 Å². The lowest BCUT2D eigenvalue weighted by Crippen LogP contribution is -2.36. The predicted octanol–water partition coefficient (Wildman–Crippen LogP) is -0.819. The van der Waals surface area contributed by atoms with Gasteiger partial charge in [-0.15, -0.1) is 0 Å². The molecule has 6 nitrogen and oxygen atoms in total. The van der Waals surface area contributed by atoms with Crippen LogP contribution in [0.2, 0.25) is 0 Å². The maximum absolute atomic E-state index is 12.2. The van der Waals surface area contributed by atoms with Gasteiger partial charge in [0.1, 0.15) is 11.3 Å². The van der Waals surface area contributed by atoms with Crippen LogP contribution in [0.1, 0.15) is 16.1 Å². The first kappa shape index (κ1) is 11.0. The van der Waals surface area contributed by atoms with E-state index in [9.17, 15) is 27.6 Å². The average molecular weight is 223 g/mol. The molecule has 0 unspecified atom stereocenters. The SMILES string of the molecule is NC(=O)c1c(C(F)(F)F)[nH]c(=O)[nH]c1=O. The fourth-order valence-corrected chi connectivity index (χ4v) is 0.934. The highest BCUT2D eigenvalue weighted by molar-refractivity contribution is 5.93. The highest BCUT2D eigenvalue weighted by atomic mass is 19.4. The van der Waals surface area contributed by atoms with Crippen molar-refractivity contribution in [3.05, 3.63) is 32.1 Å². The molecular formula is C6H4F3N3O3. The normalized spacial score (nSPS) is 11.4. The molecule has 0 aromatic carbocycles. The van der Waals surface area contributed by atoms with E-state index in [4.69, 9.17) is 0 Å². The number of carbonyl (C=O) groups excluding carboxylic acids is 1. The van der Waals surface area contributed by atoms with Gasteiger partial charge in [0.05, 0.1) is 0 Å². The van der Waals surface area contributed by atoms with E-state index in [1.54, 1.807) is 0 Å². The molecular weight excluding hydrogens is 219 g/mol. The molecule has 0 saturated heterocycles. The number of halogens is 3. The van der Waals surface area contributed by atoms with E-state index in [1.165, 1.54) is 9.97 Å². The van der Waals surface area contributed by atoms with Crippen LogP contribution in [0.5, 0.6) is 0 Å². The fourth-order valence-electron chi connectivity index (χ4n) is 0.934. The largest absolute Gasteiger partial charge is 0.432 e. The van der Waals surface area contributed by atoms with E-state index in [2.05, 4.69) is 5.73 Å². The summed E-state index contributed by atoms with van der Waals surface area (Å²) in [4.78, 5) is 34.8. The average Bonchev–Trinajstić information content (AvgIpc) is 1.99. The van der Waals surface area contributed by atoms with Crippen LogP contribution in [0.4, 0.5) is 13.2 Å². The van der Waals surface area contributed by atoms with Gasteiger partial charge in [0, 0.05) is 0 Å². The van der Waals surface area contributed by atoms with Gasteiger partial charge in [-0.05, 0) is 0 Å². The Labute approximate surface area is 78.9 Å². The Kier molecular flexibility index (Phi) is 2.39. The van der Waals surface area contributed by atoms with Crippen molar-refractivity contribution >= 4 is 5.91 Å². The summed E-state index contributed by atoms with van der Waals surface area (Å²) in [6.07, 6.45) is -5.03. The third-order valence-electron chi connectivity index (χ3n) is 1.47. The lowest BCUT2D eigenvalue weighted by atomic mass is 10.2. The van der Waals surface area contributed by atoms with E-state index in [0.29, 0.717) is 0 Å². The van der Waals surface area contributed by atoms with Gasteiger partial charge >= 0.3 is 11.9 Å². The van der Waals surface area contributed by atoms with Crippen molar-refractivity contribution in [3.8, 4) is 0 Å². The van der Waals surface area contributed by atoms with Gasteiger partial charge in [0.25, 0.3) is 11.5 Å². The van der Waals surface area contributed by atoms with Gasteiger partial charge in [-0.1, -0.05) is 0 Å². The highest BCUT2D eigenvalue weighted by Crippen LogP contribution is 2.27. The van der Waals surface area contributed by atoms with Crippen molar-refractivity contribution < 1.29 is 18.0 Å². The standard InChI is InChI=1S/C6H4F3N3O3/c7-6(8,9)2-1(3(10)13)4(14)12-5(15)11-2/h(H2,10,13)(H2,11,12,14,15). The van der Waals surface area contributed by atoms with Crippen LogP contribution >= 0.6 is 0 Å². The minimum absolute atomic E-state index is 1.30. The molecule has 0 saturated carbocycles. The van der Waals surface area contributed by atoms with Crippen molar-refractivity contribution in [2.45, 2.75) is 6.18 Å². The summed E-state index contributed by atoms with van der Waals surface area (Å²) >= 11 is 0. The second-order valence-electron chi connectivity index (χ2n) is 2.52. The summed E-state index contributed by atoms with van der Waals surface area (Å²) in [6, 6.07) is 0. The number of carbonyl (C=O) groups is 1. The summed E-state index contributed by atoms with van der Waals surface area (Å²) in [6.45, 7) is 0. The van der Waals surface area contributed by atoms with Crippen molar-refractivity contribution in [3.63, 3.8) is 0 Å². The van der Waals surface area contributed by atoms with E-state index in [0.717, 1.165) is 0 Å². The Balaban J connectivity index is 3.70. The van der Waals surface area contributed by atoms with Crippen LogP contribution in [0, 0.1) is 0 Å². The number of nitrogens with one attached hydrogen (secondary N) is 2. The summed E-state index contributed by atoms with van der Waals surface area (Å²) in [7, 11) is 0. The molecule has 0 aliphatic rings. The molecule has 4 N–H and O–H groups in total. The summed E-state index contributed by atoms with van der Waals surface area (Å²) in [5.41, 5.74) is -1.32. The number of H-pyrrole nitrogens is 2. The van der Waals surface area contributed by atoms with Crippen molar-refractivity contribution in [2.24, 2.45) is 5.73 Å². The van der Waals surface area contributed by atoms with Crippen LogP contribution in [-0.2, 0) is 6.18 Å². The zero-order chi connectivity index (χ0) is 11.8. The zero-order valence-corrected chi connectivity index (χ0v) is 6.94. The van der Waals surface area contributed by atoms with E-state index in [1.807, 2.05) is 0 Å². The fraction of sp³-hybridized carbons (Fsp3) is 0.167.